The zero-order valence-corrected chi connectivity index (χ0v) is 17.3. The van der Waals surface area contributed by atoms with Gasteiger partial charge < -0.3 is 20.1 Å². The van der Waals surface area contributed by atoms with Crippen molar-refractivity contribution in [3.05, 3.63) is 82.4 Å². The summed E-state index contributed by atoms with van der Waals surface area (Å²) >= 11 is 5.50. The van der Waals surface area contributed by atoms with E-state index in [0.717, 1.165) is 38.5 Å². The predicted octanol–water partition coefficient (Wildman–Crippen LogP) is 4.10. The first-order valence-corrected chi connectivity index (χ1v) is 10.1. The second-order valence-electron chi connectivity index (χ2n) is 7.07. The van der Waals surface area contributed by atoms with E-state index in [0.29, 0.717) is 25.0 Å². The molecule has 0 aromatic heterocycles. The Kier molecular flexibility index (Phi) is 7.34. The van der Waals surface area contributed by atoms with Crippen LogP contribution in [0.4, 0.5) is 0 Å². The topological polar surface area (TPSA) is 69.9 Å². The smallest absolute Gasteiger partial charge is 0.120 e. The molecule has 1 aliphatic carbocycles. The molecule has 0 radical (unpaired) electrons. The van der Waals surface area contributed by atoms with Crippen LogP contribution in [-0.2, 0) is 19.8 Å². The van der Waals surface area contributed by atoms with Gasteiger partial charge in [0.25, 0.3) is 0 Å². The van der Waals surface area contributed by atoms with Crippen molar-refractivity contribution in [1.29, 1.82) is 0 Å². The first-order valence-electron chi connectivity index (χ1n) is 9.73. The second kappa shape index (κ2) is 9.94. The first-order chi connectivity index (χ1) is 14.0. The Morgan fingerprint density at radius 2 is 1.83 bits per heavy atom. The van der Waals surface area contributed by atoms with Crippen molar-refractivity contribution in [1.82, 2.24) is 0 Å². The lowest BCUT2D eigenvalue weighted by Crippen LogP contribution is -2.18. The van der Waals surface area contributed by atoms with Crippen LogP contribution in [-0.4, -0.2) is 26.3 Å². The van der Waals surface area contributed by atoms with Crippen molar-refractivity contribution in [3.8, 4) is 5.75 Å². The number of hydrogen-bond donors (Lipinski definition) is 3. The lowest BCUT2D eigenvalue weighted by Gasteiger charge is -2.20. The normalized spacial score (nSPS) is 15.0. The summed E-state index contributed by atoms with van der Waals surface area (Å²) in [5, 5.41) is 28.8. The molecule has 29 heavy (non-hydrogen) atoms. The molecule has 2 aromatic carbocycles. The van der Waals surface area contributed by atoms with Gasteiger partial charge in [-0.15, -0.1) is 0 Å². The largest absolute Gasteiger partial charge is 0.489 e. The average Bonchev–Trinajstić information content (AvgIpc) is 2.77. The van der Waals surface area contributed by atoms with E-state index in [1.54, 1.807) is 0 Å². The third-order valence-corrected chi connectivity index (χ3v) is 5.48. The minimum atomic E-state index is -0.504. The Labute approximate surface area is 176 Å². The fourth-order valence-corrected chi connectivity index (χ4v) is 3.71. The highest BCUT2D eigenvalue weighted by atomic mass is 32.1. The minimum absolute atomic E-state index is 0.0957. The highest BCUT2D eigenvalue weighted by Crippen LogP contribution is 2.29. The molecule has 1 atom stereocenters. The predicted molar refractivity (Wildman–Crippen MR) is 119 cm³/mol. The molecule has 0 spiro atoms. The summed E-state index contributed by atoms with van der Waals surface area (Å²) < 4.78 is 5.94. The summed E-state index contributed by atoms with van der Waals surface area (Å²) in [6, 6.07) is 13.4. The lowest BCUT2D eigenvalue weighted by molar-refractivity contribution is 0.213. The van der Waals surface area contributed by atoms with Crippen molar-refractivity contribution >= 4 is 22.7 Å². The molecule has 0 saturated carbocycles. The Bertz CT molecular complexity index is 946. The molecule has 1 unspecified atom stereocenters. The standard InChI is InChI=1S/C24H26O4S/c1-2-23(27)22-9-8-18(12-24(22)29)17-4-3-5-21(11-17)28-15-16-6-7-19(13-25)20(10-16)14-26/h3-11,23,25-27H,2,12-15H2,1H3. The number of allylic oxidation sites excluding steroid dienone is 3. The third kappa shape index (κ3) is 5.19. The highest BCUT2D eigenvalue weighted by Gasteiger charge is 2.18. The van der Waals surface area contributed by atoms with Gasteiger partial charge in [0, 0.05) is 11.3 Å². The molecule has 1 aliphatic rings. The van der Waals surface area contributed by atoms with Gasteiger partial charge in [-0.2, -0.15) is 0 Å². The van der Waals surface area contributed by atoms with Crippen LogP contribution in [0.25, 0.3) is 5.57 Å². The zero-order chi connectivity index (χ0) is 20.8. The van der Waals surface area contributed by atoms with E-state index in [2.05, 4.69) is 0 Å². The van der Waals surface area contributed by atoms with Gasteiger partial charge in [-0.25, -0.2) is 0 Å². The SMILES string of the molecule is CCC(O)C1=CC=C(c2cccc(OCc3ccc(CO)c(CO)c3)c2)CC1=S. The van der Waals surface area contributed by atoms with E-state index in [4.69, 9.17) is 17.0 Å². The molecule has 3 N–H and O–H groups in total. The van der Waals surface area contributed by atoms with Crippen molar-refractivity contribution in [2.45, 2.75) is 45.7 Å². The third-order valence-electron chi connectivity index (χ3n) is 5.10. The van der Waals surface area contributed by atoms with Crippen molar-refractivity contribution in [2.75, 3.05) is 0 Å². The summed E-state index contributed by atoms with van der Waals surface area (Å²) in [7, 11) is 0. The summed E-state index contributed by atoms with van der Waals surface area (Å²) in [4.78, 5) is 0.781. The molecular formula is C24H26O4S. The van der Waals surface area contributed by atoms with Gasteiger partial charge in [-0.3, -0.25) is 0 Å². The van der Waals surface area contributed by atoms with E-state index < -0.39 is 6.10 Å². The van der Waals surface area contributed by atoms with E-state index >= 15 is 0 Å². The number of aliphatic hydroxyl groups is 3. The molecule has 2 aromatic rings. The molecule has 0 saturated heterocycles. The van der Waals surface area contributed by atoms with Crippen LogP contribution in [0.2, 0.25) is 0 Å². The lowest BCUT2D eigenvalue weighted by atomic mass is 9.90. The summed E-state index contributed by atoms with van der Waals surface area (Å²) in [5.74, 6) is 0.745. The number of aliphatic hydroxyl groups excluding tert-OH is 3. The van der Waals surface area contributed by atoms with E-state index in [9.17, 15) is 15.3 Å². The van der Waals surface area contributed by atoms with Crippen LogP contribution >= 0.6 is 12.2 Å². The van der Waals surface area contributed by atoms with Crippen LogP contribution < -0.4 is 4.74 Å². The monoisotopic (exact) mass is 410 g/mol. The number of hydrogen-bond acceptors (Lipinski definition) is 5. The molecule has 0 fully saturated rings. The van der Waals surface area contributed by atoms with Gasteiger partial charge in [0.1, 0.15) is 12.4 Å². The van der Waals surface area contributed by atoms with E-state index in [1.165, 1.54) is 0 Å². The van der Waals surface area contributed by atoms with Crippen molar-refractivity contribution < 1.29 is 20.1 Å². The summed E-state index contributed by atoms with van der Waals surface area (Å²) in [6.07, 6.45) is 4.71. The quantitative estimate of drug-likeness (QED) is 0.572. The Morgan fingerprint density at radius 3 is 2.52 bits per heavy atom. The van der Waals surface area contributed by atoms with Gasteiger partial charge >= 0.3 is 0 Å². The fourth-order valence-electron chi connectivity index (χ4n) is 3.36. The van der Waals surface area contributed by atoms with Gasteiger partial charge in [-0.1, -0.05) is 55.6 Å². The first kappa shape index (κ1) is 21.4. The number of benzene rings is 2. The van der Waals surface area contributed by atoms with E-state index in [1.807, 2.05) is 61.5 Å². The molecule has 0 aliphatic heterocycles. The van der Waals surface area contributed by atoms with Crippen molar-refractivity contribution in [3.63, 3.8) is 0 Å². The maximum Gasteiger partial charge on any atom is 0.120 e. The maximum atomic E-state index is 10.1. The van der Waals surface area contributed by atoms with Crippen LogP contribution in [0, 0.1) is 0 Å². The maximum absolute atomic E-state index is 10.1. The van der Waals surface area contributed by atoms with Gasteiger partial charge in [-0.05, 0) is 58.0 Å². The molecule has 3 rings (SSSR count). The van der Waals surface area contributed by atoms with Crippen molar-refractivity contribution in [2.24, 2.45) is 0 Å². The van der Waals surface area contributed by atoms with Gasteiger partial charge in [0.05, 0.1) is 19.3 Å². The zero-order valence-electron chi connectivity index (χ0n) is 16.5. The number of ether oxygens (including phenoxy) is 1. The average molecular weight is 411 g/mol. The Balaban J connectivity index is 1.73. The van der Waals surface area contributed by atoms with Crippen LogP contribution in [0.15, 0.2) is 60.2 Å². The minimum Gasteiger partial charge on any atom is -0.489 e. The molecular weight excluding hydrogens is 384 g/mol. The fraction of sp³-hybridized carbons (Fsp3) is 0.292. The molecule has 0 amide bonds. The molecule has 152 valence electrons. The summed E-state index contributed by atoms with van der Waals surface area (Å²) in [6.45, 7) is 2.10. The highest BCUT2D eigenvalue weighted by molar-refractivity contribution is 7.80. The molecule has 4 nitrogen and oxygen atoms in total. The van der Waals surface area contributed by atoms with Crippen LogP contribution in [0.1, 0.15) is 42.0 Å². The second-order valence-corrected chi connectivity index (χ2v) is 7.57. The molecule has 0 bridgehead atoms. The Hall–Kier alpha value is -2.31. The van der Waals surface area contributed by atoms with Crippen LogP contribution in [0.3, 0.4) is 0 Å². The van der Waals surface area contributed by atoms with Gasteiger partial charge in [0.2, 0.25) is 0 Å². The van der Waals surface area contributed by atoms with Crippen LogP contribution in [0.5, 0.6) is 5.75 Å². The van der Waals surface area contributed by atoms with Gasteiger partial charge in [0.15, 0.2) is 0 Å². The van der Waals surface area contributed by atoms with E-state index in [-0.39, 0.29) is 13.2 Å². The summed E-state index contributed by atoms with van der Waals surface area (Å²) in [5.41, 5.74) is 5.33. The number of thiocarbonyl (C=S) groups is 1. The Morgan fingerprint density at radius 1 is 1.03 bits per heavy atom. The molecule has 5 heteroatoms. The number of rotatable bonds is 8. The molecule has 0 heterocycles.